The van der Waals surface area contributed by atoms with Crippen LogP contribution in [0.1, 0.15) is 17.0 Å². The number of benzene rings is 2. The first-order valence-electron chi connectivity index (χ1n) is 7.92. The first-order valence-corrected chi connectivity index (χ1v) is 7.92. The Kier molecular flexibility index (Phi) is 6.36. The van der Waals surface area contributed by atoms with Crippen LogP contribution in [-0.4, -0.2) is 36.1 Å². The molecule has 0 saturated carbocycles. The summed E-state index contributed by atoms with van der Waals surface area (Å²) in [7, 11) is 1.58. The normalized spacial score (nSPS) is 20.1. The van der Waals surface area contributed by atoms with Crippen LogP contribution in [-0.2, 0) is 6.54 Å². The Morgan fingerprint density at radius 2 is 1.96 bits per heavy atom. The molecule has 2 aromatic carbocycles. The number of rotatable bonds is 5. The maximum atomic E-state index is 11.0. The summed E-state index contributed by atoms with van der Waals surface area (Å²) in [6.07, 6.45) is 0. The fourth-order valence-electron chi connectivity index (χ4n) is 3.34. The highest BCUT2D eigenvalue weighted by molar-refractivity contribution is 5.85. The zero-order valence-electron chi connectivity index (χ0n) is 14.0. The molecule has 1 saturated heterocycles. The number of hydrogen-bond acceptors (Lipinski definition) is 5. The van der Waals surface area contributed by atoms with Gasteiger partial charge in [0.1, 0.15) is 5.75 Å². The molecule has 134 valence electrons. The van der Waals surface area contributed by atoms with Crippen molar-refractivity contribution >= 4 is 18.1 Å². The number of nitrogens with two attached hydrogens (primary N) is 1. The summed E-state index contributed by atoms with van der Waals surface area (Å²) in [6.45, 7) is 2.17. The van der Waals surface area contributed by atoms with Gasteiger partial charge >= 0.3 is 0 Å². The van der Waals surface area contributed by atoms with Crippen LogP contribution < -0.4 is 10.5 Å². The van der Waals surface area contributed by atoms with E-state index in [9.17, 15) is 10.1 Å². The SMILES string of the molecule is COc1ccc([N+](=O)[O-])cc1CN1C[C@@H](N)[C@H](c2ccccc2)C1.Cl. The van der Waals surface area contributed by atoms with Gasteiger partial charge in [-0.25, -0.2) is 0 Å². The molecule has 0 bridgehead atoms. The standard InChI is InChI=1S/C18H21N3O3.ClH/c1-24-18-8-7-15(21(22)23)9-14(18)10-20-11-16(17(19)12-20)13-5-3-2-4-6-13;/h2-9,16-17H,10-12,19H2,1H3;1H/t16-,17+;/m0./s1. The molecule has 6 nitrogen and oxygen atoms in total. The van der Waals surface area contributed by atoms with E-state index in [0.717, 1.165) is 18.7 Å². The Morgan fingerprint density at radius 3 is 2.60 bits per heavy atom. The minimum Gasteiger partial charge on any atom is -0.496 e. The van der Waals surface area contributed by atoms with Crippen molar-refractivity contribution in [1.82, 2.24) is 4.90 Å². The highest BCUT2D eigenvalue weighted by Crippen LogP contribution is 2.30. The number of ether oxygens (including phenoxy) is 1. The van der Waals surface area contributed by atoms with Gasteiger partial charge in [0, 0.05) is 49.3 Å². The molecule has 0 radical (unpaired) electrons. The van der Waals surface area contributed by atoms with E-state index in [4.69, 9.17) is 10.5 Å². The second-order valence-corrected chi connectivity index (χ2v) is 6.13. The topological polar surface area (TPSA) is 81.6 Å². The average molecular weight is 364 g/mol. The van der Waals surface area contributed by atoms with Crippen molar-refractivity contribution in [2.45, 2.75) is 18.5 Å². The lowest BCUT2D eigenvalue weighted by Crippen LogP contribution is -2.28. The van der Waals surface area contributed by atoms with Crippen molar-refractivity contribution < 1.29 is 9.66 Å². The highest BCUT2D eigenvalue weighted by atomic mass is 35.5. The molecule has 25 heavy (non-hydrogen) atoms. The Hall–Kier alpha value is -2.15. The first-order chi connectivity index (χ1) is 11.6. The van der Waals surface area contributed by atoms with E-state index in [1.54, 1.807) is 19.2 Å². The Morgan fingerprint density at radius 1 is 1.24 bits per heavy atom. The number of non-ortho nitro benzene ring substituents is 1. The van der Waals surface area contributed by atoms with Gasteiger partial charge in [0.05, 0.1) is 12.0 Å². The van der Waals surface area contributed by atoms with Gasteiger partial charge in [0.25, 0.3) is 5.69 Å². The number of nitrogens with zero attached hydrogens (tertiary/aromatic N) is 2. The van der Waals surface area contributed by atoms with Gasteiger partial charge in [-0.15, -0.1) is 12.4 Å². The van der Waals surface area contributed by atoms with Crippen molar-refractivity contribution in [3.63, 3.8) is 0 Å². The summed E-state index contributed by atoms with van der Waals surface area (Å²) >= 11 is 0. The van der Waals surface area contributed by atoms with Gasteiger partial charge in [-0.1, -0.05) is 30.3 Å². The number of methoxy groups -OCH3 is 1. The van der Waals surface area contributed by atoms with E-state index >= 15 is 0 Å². The highest BCUT2D eigenvalue weighted by Gasteiger charge is 2.31. The average Bonchev–Trinajstić information content (AvgIpc) is 2.96. The molecule has 2 aromatic rings. The minimum atomic E-state index is -0.384. The lowest BCUT2D eigenvalue weighted by molar-refractivity contribution is -0.384. The van der Waals surface area contributed by atoms with Crippen molar-refractivity contribution in [1.29, 1.82) is 0 Å². The van der Waals surface area contributed by atoms with E-state index in [1.165, 1.54) is 11.6 Å². The molecule has 2 atom stereocenters. The zero-order chi connectivity index (χ0) is 17.1. The molecular formula is C18H22ClN3O3. The number of nitro benzene ring substituents is 1. The van der Waals surface area contributed by atoms with Gasteiger partial charge in [-0.05, 0) is 11.6 Å². The second kappa shape index (κ2) is 8.29. The van der Waals surface area contributed by atoms with E-state index in [1.807, 2.05) is 18.2 Å². The van der Waals surface area contributed by atoms with Crippen LogP contribution in [0.15, 0.2) is 48.5 Å². The molecule has 2 N–H and O–H groups in total. The number of halogens is 1. The fraction of sp³-hybridized carbons (Fsp3) is 0.333. The van der Waals surface area contributed by atoms with Crippen LogP contribution in [0.4, 0.5) is 5.69 Å². The number of nitro groups is 1. The number of likely N-dealkylation sites (tertiary alicyclic amines) is 1. The quantitative estimate of drug-likeness (QED) is 0.652. The summed E-state index contributed by atoms with van der Waals surface area (Å²) in [5, 5.41) is 11.0. The second-order valence-electron chi connectivity index (χ2n) is 6.13. The van der Waals surface area contributed by atoms with Crippen LogP contribution in [0.3, 0.4) is 0 Å². The molecule has 3 rings (SSSR count). The molecule has 0 amide bonds. The van der Waals surface area contributed by atoms with Crippen molar-refractivity contribution in [3.8, 4) is 5.75 Å². The molecule has 1 fully saturated rings. The first kappa shape index (κ1) is 19.2. The Balaban J connectivity index is 0.00000225. The monoisotopic (exact) mass is 363 g/mol. The summed E-state index contributed by atoms with van der Waals surface area (Å²) in [6, 6.07) is 15.0. The van der Waals surface area contributed by atoms with Crippen LogP contribution >= 0.6 is 12.4 Å². The predicted molar refractivity (Wildman–Crippen MR) is 99.3 cm³/mol. The summed E-state index contributed by atoms with van der Waals surface area (Å²) in [4.78, 5) is 12.9. The molecule has 1 aliphatic rings. The maximum absolute atomic E-state index is 11.0. The molecular weight excluding hydrogens is 342 g/mol. The van der Waals surface area contributed by atoms with Crippen LogP contribution in [0.25, 0.3) is 0 Å². The van der Waals surface area contributed by atoms with Crippen LogP contribution in [0.2, 0.25) is 0 Å². The van der Waals surface area contributed by atoms with Crippen molar-refractivity contribution in [3.05, 3.63) is 69.8 Å². The summed E-state index contributed by atoms with van der Waals surface area (Å²) in [5.74, 6) is 0.938. The van der Waals surface area contributed by atoms with E-state index in [2.05, 4.69) is 17.0 Å². The lowest BCUT2D eigenvalue weighted by atomic mass is 9.95. The fourth-order valence-corrected chi connectivity index (χ4v) is 3.34. The summed E-state index contributed by atoms with van der Waals surface area (Å²) < 4.78 is 5.35. The molecule has 1 heterocycles. The van der Waals surface area contributed by atoms with E-state index < -0.39 is 0 Å². The van der Waals surface area contributed by atoms with Gasteiger partial charge in [-0.3, -0.25) is 15.0 Å². The van der Waals surface area contributed by atoms with Gasteiger partial charge in [-0.2, -0.15) is 0 Å². The maximum Gasteiger partial charge on any atom is 0.270 e. The van der Waals surface area contributed by atoms with Gasteiger partial charge in [0.15, 0.2) is 0 Å². The molecule has 0 spiro atoms. The Bertz CT molecular complexity index is 727. The third kappa shape index (κ3) is 4.28. The molecule has 0 aromatic heterocycles. The molecule has 0 aliphatic carbocycles. The molecule has 0 unspecified atom stereocenters. The zero-order valence-corrected chi connectivity index (χ0v) is 14.8. The molecule has 1 aliphatic heterocycles. The van der Waals surface area contributed by atoms with E-state index in [-0.39, 0.29) is 35.0 Å². The Labute approximate surface area is 153 Å². The predicted octanol–water partition coefficient (Wildman–Crippen LogP) is 2.95. The third-order valence-corrected chi connectivity index (χ3v) is 4.54. The summed E-state index contributed by atoms with van der Waals surface area (Å²) in [5.41, 5.74) is 8.45. The van der Waals surface area contributed by atoms with Crippen LogP contribution in [0.5, 0.6) is 5.75 Å². The van der Waals surface area contributed by atoms with Crippen LogP contribution in [0, 0.1) is 10.1 Å². The van der Waals surface area contributed by atoms with Gasteiger partial charge < -0.3 is 10.5 Å². The van der Waals surface area contributed by atoms with E-state index in [0.29, 0.717) is 12.3 Å². The lowest BCUT2D eigenvalue weighted by Gasteiger charge is -2.17. The van der Waals surface area contributed by atoms with Crippen molar-refractivity contribution in [2.75, 3.05) is 20.2 Å². The molecule has 7 heteroatoms. The van der Waals surface area contributed by atoms with Crippen molar-refractivity contribution in [2.24, 2.45) is 5.73 Å². The largest absolute Gasteiger partial charge is 0.496 e. The third-order valence-electron chi connectivity index (χ3n) is 4.54. The minimum absolute atomic E-state index is 0. The smallest absolute Gasteiger partial charge is 0.270 e. The van der Waals surface area contributed by atoms with Gasteiger partial charge in [0.2, 0.25) is 0 Å². The number of hydrogen-bond donors (Lipinski definition) is 1.